The molecule has 2 aromatic carbocycles. The molecule has 8 heteroatoms. The molecule has 1 unspecified atom stereocenters. The first kappa shape index (κ1) is 23.8. The van der Waals surface area contributed by atoms with Gasteiger partial charge in [0.1, 0.15) is 17.7 Å². The highest BCUT2D eigenvalue weighted by molar-refractivity contribution is 5.88. The minimum absolute atomic E-state index is 0.000909. The van der Waals surface area contributed by atoms with Gasteiger partial charge in [0.2, 0.25) is 5.91 Å². The van der Waals surface area contributed by atoms with Crippen LogP contribution in [0.25, 0.3) is 10.9 Å². The maximum Gasteiger partial charge on any atom is 0.249 e. The third-order valence-electron chi connectivity index (χ3n) is 8.51. The third-order valence-corrected chi connectivity index (χ3v) is 8.51. The van der Waals surface area contributed by atoms with Crippen molar-refractivity contribution in [2.75, 3.05) is 0 Å². The smallest absolute Gasteiger partial charge is 0.249 e. The summed E-state index contributed by atoms with van der Waals surface area (Å²) in [6.07, 6.45) is 12.2. The first-order chi connectivity index (χ1) is 17.9. The molecule has 3 aromatic rings. The second kappa shape index (κ2) is 9.05. The SMILES string of the molecule is N#Cc1cccc2cnn(CCCCCCC34CC(C(=O)N5N=CCC5c5cc(F)cc(F)c5)(C3)C4)c12. The van der Waals surface area contributed by atoms with Crippen molar-refractivity contribution in [3.05, 3.63) is 65.4 Å². The van der Waals surface area contributed by atoms with Crippen molar-refractivity contribution in [1.82, 2.24) is 14.8 Å². The van der Waals surface area contributed by atoms with E-state index in [9.17, 15) is 18.8 Å². The predicted molar refractivity (Wildman–Crippen MR) is 135 cm³/mol. The number of rotatable bonds is 9. The van der Waals surface area contributed by atoms with Crippen LogP contribution in [0.15, 0.2) is 47.7 Å². The molecular formula is C29H29F2N5O. The number of amides is 1. The lowest BCUT2D eigenvalue weighted by Gasteiger charge is -2.70. The van der Waals surface area contributed by atoms with Gasteiger partial charge in [-0.2, -0.15) is 15.5 Å². The molecule has 3 saturated carbocycles. The van der Waals surface area contributed by atoms with Gasteiger partial charge in [-0.25, -0.2) is 13.8 Å². The Kier molecular flexibility index (Phi) is 5.82. The van der Waals surface area contributed by atoms with Crippen LogP contribution < -0.4 is 0 Å². The number of carbonyl (C=O) groups excluding carboxylic acids is 1. The minimum atomic E-state index is -0.636. The topological polar surface area (TPSA) is 74.3 Å². The lowest BCUT2D eigenvalue weighted by atomic mass is 9.33. The van der Waals surface area contributed by atoms with E-state index in [0.717, 1.165) is 74.9 Å². The molecule has 7 rings (SSSR count). The summed E-state index contributed by atoms with van der Waals surface area (Å²) in [6, 6.07) is 11.0. The van der Waals surface area contributed by atoms with Crippen LogP contribution in [0, 0.1) is 33.8 Å². The first-order valence-electron chi connectivity index (χ1n) is 13.1. The zero-order valence-electron chi connectivity index (χ0n) is 20.7. The first-order valence-corrected chi connectivity index (χ1v) is 13.1. The number of benzene rings is 2. The zero-order chi connectivity index (χ0) is 25.6. The molecule has 6 nitrogen and oxygen atoms in total. The van der Waals surface area contributed by atoms with Crippen LogP contribution in [0.2, 0.25) is 0 Å². The predicted octanol–water partition coefficient (Wildman–Crippen LogP) is 6.27. The van der Waals surface area contributed by atoms with E-state index in [0.29, 0.717) is 17.5 Å². The molecule has 3 aliphatic carbocycles. The second-order valence-corrected chi connectivity index (χ2v) is 11.1. The van der Waals surface area contributed by atoms with Gasteiger partial charge in [0.25, 0.3) is 0 Å². The van der Waals surface area contributed by atoms with Crippen molar-refractivity contribution in [1.29, 1.82) is 5.26 Å². The molecule has 1 aliphatic heterocycles. The molecule has 4 aliphatic rings. The largest absolute Gasteiger partial charge is 0.272 e. The van der Waals surface area contributed by atoms with Crippen LogP contribution in [-0.4, -0.2) is 26.9 Å². The van der Waals surface area contributed by atoms with E-state index in [4.69, 9.17) is 0 Å². The number of hydrogen-bond donors (Lipinski definition) is 0. The fraction of sp³-hybridized carbons (Fsp3) is 0.448. The average Bonchev–Trinajstić information content (AvgIpc) is 3.48. The monoisotopic (exact) mass is 501 g/mol. The number of fused-ring (bicyclic) bond motifs is 1. The third kappa shape index (κ3) is 4.11. The highest BCUT2D eigenvalue weighted by Crippen LogP contribution is 2.76. The van der Waals surface area contributed by atoms with E-state index in [1.54, 1.807) is 6.21 Å². The van der Waals surface area contributed by atoms with E-state index in [2.05, 4.69) is 16.3 Å². The number of halogens is 2. The molecule has 3 fully saturated rings. The number of carbonyl (C=O) groups is 1. The Morgan fingerprint density at radius 1 is 1.08 bits per heavy atom. The summed E-state index contributed by atoms with van der Waals surface area (Å²) in [4.78, 5) is 13.3. The molecule has 2 bridgehead atoms. The lowest BCUT2D eigenvalue weighted by molar-refractivity contribution is -0.220. The molecule has 0 radical (unpaired) electrons. The molecular weight excluding hydrogens is 472 g/mol. The normalized spacial score (nSPS) is 25.6. The second-order valence-electron chi connectivity index (χ2n) is 11.1. The summed E-state index contributed by atoms with van der Waals surface area (Å²) in [5.41, 5.74) is 1.97. The Bertz CT molecular complexity index is 1400. The van der Waals surface area contributed by atoms with Crippen LogP contribution >= 0.6 is 0 Å². The van der Waals surface area contributed by atoms with Gasteiger partial charge in [-0.1, -0.05) is 31.4 Å². The summed E-state index contributed by atoms with van der Waals surface area (Å²) in [7, 11) is 0. The fourth-order valence-corrected chi connectivity index (χ4v) is 6.91. The molecule has 0 saturated heterocycles. The van der Waals surface area contributed by atoms with Crippen molar-refractivity contribution in [2.24, 2.45) is 15.9 Å². The Hall–Kier alpha value is -3.60. The number of aryl methyl sites for hydroxylation is 1. The Labute approximate surface area is 214 Å². The van der Waals surface area contributed by atoms with Crippen LogP contribution in [0.4, 0.5) is 8.78 Å². The van der Waals surface area contributed by atoms with Crippen LogP contribution in [0.3, 0.4) is 0 Å². The number of para-hydroxylation sites is 1. The number of nitrogens with zero attached hydrogens (tertiary/aromatic N) is 5. The molecule has 0 N–H and O–H groups in total. The highest BCUT2D eigenvalue weighted by atomic mass is 19.1. The number of hydrogen-bond acceptors (Lipinski definition) is 4. The van der Waals surface area contributed by atoms with Gasteiger partial charge in [0.05, 0.1) is 28.7 Å². The van der Waals surface area contributed by atoms with Crippen LogP contribution in [-0.2, 0) is 11.3 Å². The minimum Gasteiger partial charge on any atom is -0.272 e. The summed E-state index contributed by atoms with van der Waals surface area (Å²) < 4.78 is 29.4. The molecule has 1 aromatic heterocycles. The van der Waals surface area contributed by atoms with Gasteiger partial charge in [0, 0.05) is 30.6 Å². The average molecular weight is 502 g/mol. The van der Waals surface area contributed by atoms with E-state index in [1.165, 1.54) is 17.1 Å². The molecule has 37 heavy (non-hydrogen) atoms. The Morgan fingerprint density at radius 3 is 2.59 bits per heavy atom. The van der Waals surface area contributed by atoms with Crippen molar-refractivity contribution >= 4 is 23.0 Å². The van der Waals surface area contributed by atoms with Gasteiger partial charge in [0.15, 0.2) is 0 Å². The van der Waals surface area contributed by atoms with Crippen molar-refractivity contribution in [3.8, 4) is 6.07 Å². The van der Waals surface area contributed by atoms with Gasteiger partial charge < -0.3 is 0 Å². The van der Waals surface area contributed by atoms with Crippen LogP contribution in [0.1, 0.15) is 75.0 Å². The lowest BCUT2D eigenvalue weighted by Crippen LogP contribution is -2.67. The molecule has 0 spiro atoms. The van der Waals surface area contributed by atoms with Gasteiger partial charge in [-0.3, -0.25) is 9.48 Å². The number of aromatic nitrogens is 2. The van der Waals surface area contributed by atoms with Gasteiger partial charge >= 0.3 is 0 Å². The number of unbranched alkanes of at least 4 members (excludes halogenated alkanes) is 3. The van der Waals surface area contributed by atoms with Gasteiger partial charge in [-0.15, -0.1) is 0 Å². The van der Waals surface area contributed by atoms with Crippen molar-refractivity contribution in [2.45, 2.75) is 70.4 Å². The summed E-state index contributed by atoms with van der Waals surface area (Å²) in [6.45, 7) is 0.803. The van der Waals surface area contributed by atoms with Gasteiger partial charge in [-0.05, 0) is 61.3 Å². The zero-order valence-corrected chi connectivity index (χ0v) is 20.7. The molecule has 2 heterocycles. The van der Waals surface area contributed by atoms with E-state index in [1.807, 2.05) is 29.1 Å². The fourth-order valence-electron chi connectivity index (χ4n) is 6.91. The summed E-state index contributed by atoms with van der Waals surface area (Å²) in [5.74, 6) is -1.27. The summed E-state index contributed by atoms with van der Waals surface area (Å²) in [5, 5.41) is 20.6. The maximum absolute atomic E-state index is 13.7. The summed E-state index contributed by atoms with van der Waals surface area (Å²) >= 11 is 0. The number of nitriles is 1. The Morgan fingerprint density at radius 2 is 1.84 bits per heavy atom. The van der Waals surface area contributed by atoms with Crippen molar-refractivity contribution in [3.63, 3.8) is 0 Å². The molecule has 1 amide bonds. The molecule has 1 atom stereocenters. The quantitative estimate of drug-likeness (QED) is 0.325. The molecule has 190 valence electrons. The standard InChI is InChI=1S/C29H29F2N5O/c30-23-12-22(13-24(31)14-23)25-8-10-33-36(25)27(37)29-17-28(18-29,19-29)9-3-1-2-4-11-35-26-20(15-32)6-5-7-21(26)16-34-35/h5-7,10,12-14,16,25H,1-4,8-9,11,17-19H2. The highest BCUT2D eigenvalue weighted by Gasteiger charge is 2.71. The Balaban J connectivity index is 0.958. The van der Waals surface area contributed by atoms with E-state index < -0.39 is 17.7 Å². The number of hydrazone groups is 1. The maximum atomic E-state index is 13.7. The van der Waals surface area contributed by atoms with Crippen molar-refractivity contribution < 1.29 is 13.6 Å². The van der Waals surface area contributed by atoms with E-state index in [-0.39, 0.29) is 16.7 Å². The van der Waals surface area contributed by atoms with Crippen LogP contribution in [0.5, 0.6) is 0 Å². The van der Waals surface area contributed by atoms with E-state index >= 15 is 0 Å².